The highest BCUT2D eigenvalue weighted by atomic mass is 19.4. The number of nitrogens with one attached hydrogen (secondary N) is 2. The average molecular weight is 573 g/mol. The SMILES string of the molecule is N#CCC(c1cccc(C(=O)Nc2cccc(C#N)c2)c1)n1cc(-c2ncnc3[nH]ccc23)cn1.O=C(O)C(F)(F)F. The van der Waals surface area contributed by atoms with Gasteiger partial charge in [0.25, 0.3) is 5.91 Å². The zero-order valence-corrected chi connectivity index (χ0v) is 21.4. The van der Waals surface area contributed by atoms with E-state index in [0.29, 0.717) is 16.8 Å². The van der Waals surface area contributed by atoms with Crippen LogP contribution in [-0.2, 0) is 4.79 Å². The van der Waals surface area contributed by atoms with E-state index in [1.54, 1.807) is 59.5 Å². The van der Waals surface area contributed by atoms with E-state index >= 15 is 0 Å². The maximum absolute atomic E-state index is 12.9. The van der Waals surface area contributed by atoms with Crippen molar-refractivity contribution >= 4 is 28.6 Å². The third-order valence-corrected chi connectivity index (χ3v) is 5.86. The molecule has 42 heavy (non-hydrogen) atoms. The molecule has 0 bridgehead atoms. The fourth-order valence-corrected chi connectivity index (χ4v) is 3.94. The number of aliphatic carboxylic acids is 1. The Labute approximate surface area is 235 Å². The molecule has 1 unspecified atom stereocenters. The molecule has 3 heterocycles. The number of aromatic nitrogens is 5. The summed E-state index contributed by atoms with van der Waals surface area (Å²) >= 11 is 0. The molecular formula is C28H19F3N8O3. The summed E-state index contributed by atoms with van der Waals surface area (Å²) in [5.74, 6) is -3.07. The number of rotatable bonds is 6. The highest BCUT2D eigenvalue weighted by Gasteiger charge is 2.38. The van der Waals surface area contributed by atoms with Gasteiger partial charge < -0.3 is 15.4 Å². The van der Waals surface area contributed by atoms with Crippen LogP contribution in [-0.4, -0.2) is 47.9 Å². The minimum Gasteiger partial charge on any atom is -0.475 e. The molecule has 5 aromatic rings. The third-order valence-electron chi connectivity index (χ3n) is 5.86. The van der Waals surface area contributed by atoms with Crippen molar-refractivity contribution in [1.82, 2.24) is 24.7 Å². The van der Waals surface area contributed by atoms with E-state index in [4.69, 9.17) is 15.2 Å². The average Bonchev–Trinajstić information content (AvgIpc) is 3.66. The van der Waals surface area contributed by atoms with Gasteiger partial charge in [-0.3, -0.25) is 9.48 Å². The first-order valence-electron chi connectivity index (χ1n) is 12.0. The lowest BCUT2D eigenvalue weighted by atomic mass is 10.0. The molecule has 0 aliphatic carbocycles. The van der Waals surface area contributed by atoms with Gasteiger partial charge in [0.1, 0.15) is 12.0 Å². The molecule has 0 aliphatic heterocycles. The predicted octanol–water partition coefficient (Wildman–Crippen LogP) is 5.08. The molecule has 0 spiro atoms. The predicted molar refractivity (Wildman–Crippen MR) is 143 cm³/mol. The normalized spacial score (nSPS) is 11.5. The number of fused-ring (bicyclic) bond motifs is 1. The number of nitrogens with zero attached hydrogens (tertiary/aromatic N) is 6. The van der Waals surface area contributed by atoms with Crippen LogP contribution in [0.25, 0.3) is 22.3 Å². The molecule has 0 aliphatic rings. The minimum absolute atomic E-state index is 0.166. The number of carbonyl (C=O) groups excluding carboxylic acids is 1. The number of benzene rings is 2. The Bertz CT molecular complexity index is 1830. The molecular weight excluding hydrogens is 553 g/mol. The fraction of sp³-hybridized carbons (Fsp3) is 0.107. The summed E-state index contributed by atoms with van der Waals surface area (Å²) in [7, 11) is 0. The lowest BCUT2D eigenvalue weighted by Gasteiger charge is -2.16. The largest absolute Gasteiger partial charge is 0.490 e. The van der Waals surface area contributed by atoms with E-state index in [9.17, 15) is 23.2 Å². The zero-order valence-electron chi connectivity index (χ0n) is 21.4. The van der Waals surface area contributed by atoms with Gasteiger partial charge >= 0.3 is 12.1 Å². The Morgan fingerprint density at radius 1 is 1.10 bits per heavy atom. The second-order valence-corrected chi connectivity index (χ2v) is 8.62. The summed E-state index contributed by atoms with van der Waals surface area (Å²) in [6, 6.07) is 19.6. The Morgan fingerprint density at radius 3 is 2.57 bits per heavy atom. The number of alkyl halides is 3. The third kappa shape index (κ3) is 6.75. The molecule has 5 rings (SSSR count). The highest BCUT2D eigenvalue weighted by molar-refractivity contribution is 6.04. The maximum atomic E-state index is 12.9. The van der Waals surface area contributed by atoms with E-state index in [0.717, 1.165) is 27.9 Å². The van der Waals surface area contributed by atoms with E-state index in [2.05, 4.69) is 37.5 Å². The topological polar surface area (TPSA) is 173 Å². The van der Waals surface area contributed by atoms with Gasteiger partial charge in [0.2, 0.25) is 0 Å². The Hall–Kier alpha value is -6.02. The van der Waals surface area contributed by atoms with Crippen molar-refractivity contribution in [3.8, 4) is 23.4 Å². The standard InChI is InChI=1S/C26H18N8O.C2HF3O2/c27-9-7-23(34-15-20(14-32-34)24-22-8-10-29-25(22)31-16-30-24)18-4-2-5-19(12-18)26(35)33-21-6-1-3-17(11-21)13-28;3-2(4,5)1(6)7/h1-6,8,10-12,14-16,23H,7H2,(H,33,35)(H,29,30,31);(H,6,7). The summed E-state index contributed by atoms with van der Waals surface area (Å²) in [5.41, 5.74) is 4.47. The first-order valence-corrected chi connectivity index (χ1v) is 12.0. The summed E-state index contributed by atoms with van der Waals surface area (Å²) in [6.07, 6.45) is 1.93. The van der Waals surface area contributed by atoms with Crippen LogP contribution < -0.4 is 5.32 Å². The monoisotopic (exact) mass is 572 g/mol. The van der Waals surface area contributed by atoms with Gasteiger partial charge in [0, 0.05) is 34.6 Å². The summed E-state index contributed by atoms with van der Waals surface area (Å²) in [4.78, 5) is 33.5. The van der Waals surface area contributed by atoms with Gasteiger partial charge in [-0.05, 0) is 42.0 Å². The number of anilines is 1. The lowest BCUT2D eigenvalue weighted by Crippen LogP contribution is -2.21. The molecule has 0 radical (unpaired) electrons. The number of carboxylic acid groups (broad SMARTS) is 1. The van der Waals surface area contributed by atoms with Gasteiger partial charge in [0.05, 0.1) is 42.1 Å². The lowest BCUT2D eigenvalue weighted by molar-refractivity contribution is -0.192. The quantitative estimate of drug-likeness (QED) is 0.252. The summed E-state index contributed by atoms with van der Waals surface area (Å²) in [5, 5.41) is 33.9. The van der Waals surface area contributed by atoms with Crippen LogP contribution in [0.3, 0.4) is 0 Å². The second-order valence-electron chi connectivity index (χ2n) is 8.62. The van der Waals surface area contributed by atoms with Gasteiger partial charge in [0.15, 0.2) is 0 Å². The number of H-pyrrole nitrogens is 1. The smallest absolute Gasteiger partial charge is 0.475 e. The molecule has 14 heteroatoms. The number of nitriles is 2. The number of hydrogen-bond acceptors (Lipinski definition) is 7. The van der Waals surface area contributed by atoms with Crippen molar-refractivity contribution in [1.29, 1.82) is 10.5 Å². The van der Waals surface area contributed by atoms with Crippen molar-refractivity contribution in [2.24, 2.45) is 0 Å². The summed E-state index contributed by atoms with van der Waals surface area (Å²) in [6.45, 7) is 0. The van der Waals surface area contributed by atoms with Gasteiger partial charge in [-0.2, -0.15) is 28.8 Å². The zero-order chi connectivity index (χ0) is 30.3. The number of aromatic amines is 1. The number of amides is 1. The molecule has 3 N–H and O–H groups in total. The number of halogens is 3. The molecule has 3 aromatic heterocycles. The molecule has 0 fully saturated rings. The fourth-order valence-electron chi connectivity index (χ4n) is 3.94. The highest BCUT2D eigenvalue weighted by Crippen LogP contribution is 2.28. The number of hydrogen-bond donors (Lipinski definition) is 3. The van der Waals surface area contributed by atoms with Crippen LogP contribution in [0.2, 0.25) is 0 Å². The van der Waals surface area contributed by atoms with Crippen LogP contribution in [0.1, 0.15) is 33.9 Å². The van der Waals surface area contributed by atoms with Crippen molar-refractivity contribution in [2.75, 3.05) is 5.32 Å². The van der Waals surface area contributed by atoms with Crippen molar-refractivity contribution < 1.29 is 27.9 Å². The van der Waals surface area contributed by atoms with Crippen molar-refractivity contribution in [2.45, 2.75) is 18.6 Å². The Kier molecular flexibility index (Phi) is 8.58. The van der Waals surface area contributed by atoms with Crippen LogP contribution in [0.5, 0.6) is 0 Å². The van der Waals surface area contributed by atoms with Crippen LogP contribution >= 0.6 is 0 Å². The maximum Gasteiger partial charge on any atom is 0.490 e. The molecule has 1 atom stereocenters. The Balaban J connectivity index is 0.000000517. The number of carbonyl (C=O) groups is 2. The first-order chi connectivity index (χ1) is 20.1. The molecule has 0 saturated carbocycles. The van der Waals surface area contributed by atoms with Crippen LogP contribution in [0, 0.1) is 22.7 Å². The van der Waals surface area contributed by atoms with Crippen molar-refractivity contribution in [3.05, 3.63) is 96.2 Å². The van der Waals surface area contributed by atoms with Crippen LogP contribution in [0.4, 0.5) is 18.9 Å². The summed E-state index contributed by atoms with van der Waals surface area (Å²) < 4.78 is 33.5. The van der Waals surface area contributed by atoms with Gasteiger partial charge in [-0.25, -0.2) is 14.8 Å². The van der Waals surface area contributed by atoms with Gasteiger partial charge in [-0.15, -0.1) is 0 Å². The van der Waals surface area contributed by atoms with Crippen LogP contribution in [0.15, 0.2) is 79.5 Å². The number of carboxylic acids is 1. The van der Waals surface area contributed by atoms with Gasteiger partial charge in [-0.1, -0.05) is 18.2 Å². The van der Waals surface area contributed by atoms with Crippen molar-refractivity contribution in [3.63, 3.8) is 0 Å². The Morgan fingerprint density at radius 2 is 1.86 bits per heavy atom. The van der Waals surface area contributed by atoms with E-state index < -0.39 is 18.2 Å². The molecule has 0 saturated heterocycles. The molecule has 210 valence electrons. The minimum atomic E-state index is -5.08. The van der Waals surface area contributed by atoms with E-state index in [1.807, 2.05) is 18.3 Å². The molecule has 11 nitrogen and oxygen atoms in total. The molecule has 2 aromatic carbocycles. The first kappa shape index (κ1) is 29.0. The molecule has 1 amide bonds. The van der Waals surface area contributed by atoms with E-state index in [-0.39, 0.29) is 12.3 Å². The second kappa shape index (κ2) is 12.4. The van der Waals surface area contributed by atoms with E-state index in [1.165, 1.54) is 6.33 Å².